The van der Waals surface area contributed by atoms with Crippen LogP contribution in [0.4, 0.5) is 0 Å². The first-order chi connectivity index (χ1) is 10.1. The predicted molar refractivity (Wildman–Crippen MR) is 83.9 cm³/mol. The fourth-order valence-electron chi connectivity index (χ4n) is 1.98. The number of thiophene rings is 1. The van der Waals surface area contributed by atoms with Crippen molar-refractivity contribution in [1.29, 1.82) is 0 Å². The van der Waals surface area contributed by atoms with E-state index in [1.807, 2.05) is 42.6 Å². The smallest absolute Gasteiger partial charge is 0.169 e. The van der Waals surface area contributed by atoms with Crippen LogP contribution in [0.1, 0.15) is 22.2 Å². The Morgan fingerprint density at radius 2 is 2.19 bits per heavy atom. The number of hydrogen-bond donors (Lipinski definition) is 0. The first kappa shape index (κ1) is 14.0. The number of halogens is 1. The first-order valence-corrected chi connectivity index (χ1v) is 7.57. The first-order valence-electron chi connectivity index (χ1n) is 6.37. The summed E-state index contributed by atoms with van der Waals surface area (Å²) in [5, 5.41) is 8.98. The fraction of sp³-hybridized carbons (Fsp3) is 0.133. The van der Waals surface area contributed by atoms with Gasteiger partial charge in [0.2, 0.25) is 0 Å². The molecule has 0 amide bonds. The Balaban J connectivity index is 1.81. The van der Waals surface area contributed by atoms with Crippen molar-refractivity contribution in [2.45, 2.75) is 13.5 Å². The Labute approximate surface area is 131 Å². The molecule has 0 fully saturated rings. The van der Waals surface area contributed by atoms with E-state index in [4.69, 9.17) is 11.6 Å². The summed E-state index contributed by atoms with van der Waals surface area (Å²) in [6.07, 6.45) is 1.87. The molecular formula is C15H12ClN3OS. The molecule has 3 aromatic rings. The molecule has 21 heavy (non-hydrogen) atoms. The molecule has 0 saturated carbocycles. The highest BCUT2D eigenvalue weighted by molar-refractivity contribution is 7.17. The number of nitrogens with zero attached hydrogens (tertiary/aromatic N) is 3. The van der Waals surface area contributed by atoms with E-state index in [9.17, 15) is 4.79 Å². The summed E-state index contributed by atoms with van der Waals surface area (Å²) in [6, 6.07) is 11.4. The average molecular weight is 318 g/mol. The van der Waals surface area contributed by atoms with E-state index >= 15 is 0 Å². The highest BCUT2D eigenvalue weighted by Gasteiger charge is 2.09. The van der Waals surface area contributed by atoms with E-state index in [2.05, 4.69) is 10.3 Å². The molecule has 106 valence electrons. The highest BCUT2D eigenvalue weighted by Crippen LogP contribution is 2.26. The van der Waals surface area contributed by atoms with Gasteiger partial charge in [-0.2, -0.15) is 0 Å². The minimum atomic E-state index is 0.0672. The third kappa shape index (κ3) is 3.20. The Hall–Kier alpha value is -1.98. The lowest BCUT2D eigenvalue weighted by Crippen LogP contribution is -2.00. The monoisotopic (exact) mass is 317 g/mol. The van der Waals surface area contributed by atoms with Gasteiger partial charge in [-0.05, 0) is 36.8 Å². The number of ketones is 1. The van der Waals surface area contributed by atoms with Crippen molar-refractivity contribution < 1.29 is 4.79 Å². The predicted octanol–water partition coefficient (Wildman–Crippen LogP) is 3.91. The van der Waals surface area contributed by atoms with Crippen LogP contribution in [-0.2, 0) is 6.54 Å². The van der Waals surface area contributed by atoms with Gasteiger partial charge in [0.15, 0.2) is 5.78 Å². The molecule has 0 aliphatic carbocycles. The van der Waals surface area contributed by atoms with Crippen LogP contribution >= 0.6 is 22.9 Å². The van der Waals surface area contributed by atoms with Gasteiger partial charge in [-0.3, -0.25) is 4.79 Å². The van der Waals surface area contributed by atoms with Gasteiger partial charge >= 0.3 is 0 Å². The zero-order chi connectivity index (χ0) is 14.8. The average Bonchev–Trinajstić information content (AvgIpc) is 3.06. The second kappa shape index (κ2) is 5.79. The normalized spacial score (nSPS) is 10.8. The molecule has 0 saturated heterocycles. The molecule has 0 aliphatic heterocycles. The van der Waals surface area contributed by atoms with Gasteiger partial charge in [-0.15, -0.1) is 16.4 Å². The molecule has 0 spiro atoms. The molecule has 2 heterocycles. The van der Waals surface area contributed by atoms with E-state index in [1.54, 1.807) is 11.6 Å². The summed E-state index contributed by atoms with van der Waals surface area (Å²) in [5.41, 5.74) is 1.84. The Kier molecular flexibility index (Phi) is 3.86. The van der Waals surface area contributed by atoms with Gasteiger partial charge in [0, 0.05) is 5.02 Å². The fourth-order valence-corrected chi connectivity index (χ4v) is 3.04. The highest BCUT2D eigenvalue weighted by atomic mass is 35.5. The maximum absolute atomic E-state index is 11.3. The summed E-state index contributed by atoms with van der Waals surface area (Å²) in [4.78, 5) is 13.0. The zero-order valence-electron chi connectivity index (χ0n) is 11.3. The van der Waals surface area contributed by atoms with Crippen molar-refractivity contribution >= 4 is 28.7 Å². The number of carbonyl (C=O) groups excluding carboxylic acids is 1. The Morgan fingerprint density at radius 1 is 1.33 bits per heavy atom. The maximum Gasteiger partial charge on any atom is 0.169 e. The number of rotatable bonds is 4. The number of benzene rings is 1. The van der Waals surface area contributed by atoms with Crippen LogP contribution < -0.4 is 0 Å². The molecule has 0 radical (unpaired) electrons. The van der Waals surface area contributed by atoms with Crippen LogP contribution in [0.3, 0.4) is 0 Å². The largest absolute Gasteiger partial charge is 0.294 e. The van der Waals surface area contributed by atoms with Gasteiger partial charge in [-0.1, -0.05) is 28.9 Å². The Morgan fingerprint density at radius 3 is 2.90 bits per heavy atom. The van der Waals surface area contributed by atoms with Crippen molar-refractivity contribution in [3.05, 3.63) is 58.1 Å². The minimum absolute atomic E-state index is 0.0672. The standard InChI is InChI=1S/C15H12ClN3OS/c1-10(20)14-5-6-15(21-14)13-9-19(18-17-13)8-11-3-2-4-12(16)7-11/h2-7,9H,8H2,1H3. The molecule has 2 aromatic heterocycles. The summed E-state index contributed by atoms with van der Waals surface area (Å²) >= 11 is 7.40. The summed E-state index contributed by atoms with van der Waals surface area (Å²) in [6.45, 7) is 2.17. The van der Waals surface area contributed by atoms with Crippen LogP contribution in [0.2, 0.25) is 5.02 Å². The van der Waals surface area contributed by atoms with Gasteiger partial charge in [0.1, 0.15) is 5.69 Å². The van der Waals surface area contributed by atoms with E-state index in [0.29, 0.717) is 11.6 Å². The van der Waals surface area contributed by atoms with Crippen LogP contribution in [0.25, 0.3) is 10.6 Å². The van der Waals surface area contributed by atoms with Gasteiger partial charge < -0.3 is 0 Å². The van der Waals surface area contributed by atoms with E-state index < -0.39 is 0 Å². The van der Waals surface area contributed by atoms with E-state index in [-0.39, 0.29) is 5.78 Å². The lowest BCUT2D eigenvalue weighted by Gasteiger charge is -2.00. The van der Waals surface area contributed by atoms with E-state index in [0.717, 1.165) is 21.0 Å². The SMILES string of the molecule is CC(=O)c1ccc(-c2cn(Cc3cccc(Cl)c3)nn2)s1. The molecule has 3 rings (SSSR count). The van der Waals surface area contributed by atoms with Crippen molar-refractivity contribution in [3.63, 3.8) is 0 Å². The summed E-state index contributed by atoms with van der Waals surface area (Å²) in [5.74, 6) is 0.0672. The van der Waals surface area contributed by atoms with Crippen molar-refractivity contribution in [2.75, 3.05) is 0 Å². The molecule has 6 heteroatoms. The summed E-state index contributed by atoms with van der Waals surface area (Å²) in [7, 11) is 0. The molecule has 0 N–H and O–H groups in total. The number of Topliss-reactive ketones (excluding diaryl/α,β-unsaturated/α-hetero) is 1. The molecule has 0 aliphatic rings. The molecule has 0 atom stereocenters. The van der Waals surface area contributed by atoms with Crippen LogP contribution in [-0.4, -0.2) is 20.8 Å². The minimum Gasteiger partial charge on any atom is -0.294 e. The second-order valence-electron chi connectivity index (χ2n) is 4.65. The Bertz CT molecular complexity index is 794. The molecule has 0 unspecified atom stereocenters. The lowest BCUT2D eigenvalue weighted by molar-refractivity contribution is 0.102. The third-order valence-electron chi connectivity index (χ3n) is 2.98. The summed E-state index contributed by atoms with van der Waals surface area (Å²) < 4.78 is 1.76. The van der Waals surface area contributed by atoms with Crippen molar-refractivity contribution in [3.8, 4) is 10.6 Å². The second-order valence-corrected chi connectivity index (χ2v) is 6.17. The van der Waals surface area contributed by atoms with Gasteiger partial charge in [-0.25, -0.2) is 4.68 Å². The number of aromatic nitrogens is 3. The molecule has 4 nitrogen and oxygen atoms in total. The lowest BCUT2D eigenvalue weighted by atomic mass is 10.2. The van der Waals surface area contributed by atoms with E-state index in [1.165, 1.54) is 11.3 Å². The van der Waals surface area contributed by atoms with Crippen LogP contribution in [0, 0.1) is 0 Å². The molecule has 0 bridgehead atoms. The topological polar surface area (TPSA) is 47.8 Å². The van der Waals surface area contributed by atoms with Gasteiger partial charge in [0.05, 0.1) is 22.5 Å². The van der Waals surface area contributed by atoms with Crippen molar-refractivity contribution in [1.82, 2.24) is 15.0 Å². The van der Waals surface area contributed by atoms with Crippen LogP contribution in [0.5, 0.6) is 0 Å². The number of hydrogen-bond acceptors (Lipinski definition) is 4. The zero-order valence-corrected chi connectivity index (χ0v) is 12.9. The third-order valence-corrected chi connectivity index (χ3v) is 4.42. The van der Waals surface area contributed by atoms with Gasteiger partial charge in [0.25, 0.3) is 0 Å². The van der Waals surface area contributed by atoms with Crippen LogP contribution in [0.15, 0.2) is 42.6 Å². The van der Waals surface area contributed by atoms with Crippen molar-refractivity contribution in [2.24, 2.45) is 0 Å². The molecular weight excluding hydrogens is 306 g/mol. The maximum atomic E-state index is 11.3. The molecule has 1 aromatic carbocycles. The quantitative estimate of drug-likeness (QED) is 0.685. The number of carbonyl (C=O) groups is 1.